The predicted molar refractivity (Wildman–Crippen MR) is 64.6 cm³/mol. The molecule has 0 saturated heterocycles. The van der Waals surface area contributed by atoms with Crippen LogP contribution in [-0.4, -0.2) is 31.3 Å². The summed E-state index contributed by atoms with van der Waals surface area (Å²) in [6.07, 6.45) is 0.330. The molecule has 20 heavy (non-hydrogen) atoms. The summed E-state index contributed by atoms with van der Waals surface area (Å²) >= 11 is 0. The van der Waals surface area contributed by atoms with E-state index in [4.69, 9.17) is 5.11 Å². The molecule has 0 spiro atoms. The standard InChI is InChI=1S/C12H12F2N4O2/c1-7(12(19)20)4-5-18-11(15-16-17-18)8-2-3-9(13)10(14)6-8/h2-3,6-7H,4-5H2,1H3,(H,19,20). The van der Waals surface area contributed by atoms with Gasteiger partial charge in [-0.25, -0.2) is 13.5 Å². The van der Waals surface area contributed by atoms with Crippen LogP contribution in [0, 0.1) is 17.6 Å². The molecule has 106 valence electrons. The normalized spacial score (nSPS) is 12.3. The fourth-order valence-electron chi connectivity index (χ4n) is 1.64. The minimum atomic E-state index is -0.990. The highest BCUT2D eigenvalue weighted by Gasteiger charge is 2.15. The summed E-state index contributed by atoms with van der Waals surface area (Å²) in [4.78, 5) is 10.7. The largest absolute Gasteiger partial charge is 0.481 e. The quantitative estimate of drug-likeness (QED) is 0.903. The van der Waals surface area contributed by atoms with Gasteiger partial charge in [0.2, 0.25) is 0 Å². The molecule has 0 aliphatic rings. The number of carboxylic acids is 1. The number of rotatable bonds is 5. The SMILES string of the molecule is CC(CCn1nnnc1-c1ccc(F)c(F)c1)C(=O)O. The molecule has 6 nitrogen and oxygen atoms in total. The van der Waals surface area contributed by atoms with Gasteiger partial charge in [0.05, 0.1) is 5.92 Å². The first-order valence-corrected chi connectivity index (χ1v) is 5.93. The van der Waals surface area contributed by atoms with Gasteiger partial charge in [0.25, 0.3) is 0 Å². The Hall–Kier alpha value is -2.38. The van der Waals surface area contributed by atoms with Crippen molar-refractivity contribution in [2.75, 3.05) is 0 Å². The van der Waals surface area contributed by atoms with Crippen LogP contribution in [0.1, 0.15) is 13.3 Å². The summed E-state index contributed by atoms with van der Waals surface area (Å²) in [5.41, 5.74) is 0.330. The number of hydrogen-bond donors (Lipinski definition) is 1. The van der Waals surface area contributed by atoms with Crippen molar-refractivity contribution in [3.05, 3.63) is 29.8 Å². The fraction of sp³-hybridized carbons (Fsp3) is 0.333. The predicted octanol–water partition coefficient (Wildman–Crippen LogP) is 1.73. The summed E-state index contributed by atoms with van der Waals surface area (Å²) < 4.78 is 27.4. The van der Waals surface area contributed by atoms with Crippen LogP contribution in [0.4, 0.5) is 8.78 Å². The van der Waals surface area contributed by atoms with Gasteiger partial charge in [0.1, 0.15) is 0 Å². The van der Waals surface area contributed by atoms with Crippen molar-refractivity contribution < 1.29 is 18.7 Å². The van der Waals surface area contributed by atoms with Crippen LogP contribution >= 0.6 is 0 Å². The Morgan fingerprint density at radius 2 is 2.15 bits per heavy atom. The van der Waals surface area contributed by atoms with Gasteiger partial charge in [0, 0.05) is 12.1 Å². The Morgan fingerprint density at radius 3 is 2.80 bits per heavy atom. The Bertz CT molecular complexity index is 630. The number of tetrazole rings is 1. The van der Waals surface area contributed by atoms with Gasteiger partial charge in [0.15, 0.2) is 17.5 Å². The van der Waals surface area contributed by atoms with Gasteiger partial charge in [-0.3, -0.25) is 4.79 Å². The molecule has 0 bridgehead atoms. The lowest BCUT2D eigenvalue weighted by atomic mass is 10.1. The molecule has 1 N–H and O–H groups in total. The summed E-state index contributed by atoms with van der Waals surface area (Å²) in [5, 5.41) is 19.8. The Balaban J connectivity index is 2.19. The van der Waals surface area contributed by atoms with Crippen molar-refractivity contribution >= 4 is 5.97 Å². The number of nitrogens with zero attached hydrogens (tertiary/aromatic N) is 4. The molecule has 2 rings (SSSR count). The number of aromatic nitrogens is 4. The maximum atomic E-state index is 13.2. The summed E-state index contributed by atoms with van der Waals surface area (Å²) in [6.45, 7) is 1.85. The third-order valence-electron chi connectivity index (χ3n) is 2.91. The Morgan fingerprint density at radius 1 is 1.40 bits per heavy atom. The first kappa shape index (κ1) is 14.0. The maximum Gasteiger partial charge on any atom is 0.306 e. The van der Waals surface area contributed by atoms with E-state index in [0.29, 0.717) is 12.0 Å². The van der Waals surface area contributed by atoms with E-state index in [-0.39, 0.29) is 12.4 Å². The molecule has 0 saturated carbocycles. The van der Waals surface area contributed by atoms with Crippen LogP contribution in [0.5, 0.6) is 0 Å². The summed E-state index contributed by atoms with van der Waals surface area (Å²) in [5.74, 6) is -3.13. The number of aryl methyl sites for hydroxylation is 1. The van der Waals surface area contributed by atoms with E-state index < -0.39 is 23.5 Å². The Kier molecular flexibility index (Phi) is 4.02. The zero-order valence-corrected chi connectivity index (χ0v) is 10.6. The molecule has 0 fully saturated rings. The molecule has 1 aromatic heterocycles. The fourth-order valence-corrected chi connectivity index (χ4v) is 1.64. The first-order valence-electron chi connectivity index (χ1n) is 5.93. The number of carbonyl (C=O) groups is 1. The molecule has 1 unspecified atom stereocenters. The van der Waals surface area contributed by atoms with Crippen molar-refractivity contribution in [3.63, 3.8) is 0 Å². The van der Waals surface area contributed by atoms with Gasteiger partial charge in [-0.1, -0.05) is 6.92 Å². The monoisotopic (exact) mass is 282 g/mol. The Labute approximate surface area is 113 Å². The molecule has 1 heterocycles. The molecule has 0 aliphatic carbocycles. The molecule has 0 radical (unpaired) electrons. The lowest BCUT2D eigenvalue weighted by Crippen LogP contribution is -2.14. The number of hydrogen-bond acceptors (Lipinski definition) is 4. The summed E-state index contributed by atoms with van der Waals surface area (Å²) in [6, 6.07) is 3.35. The van der Waals surface area contributed by atoms with Gasteiger partial charge in [-0.15, -0.1) is 5.10 Å². The molecule has 0 amide bonds. The molecule has 2 aromatic rings. The van der Waals surface area contributed by atoms with E-state index in [1.54, 1.807) is 6.92 Å². The van der Waals surface area contributed by atoms with Crippen molar-refractivity contribution in [1.82, 2.24) is 20.2 Å². The smallest absolute Gasteiger partial charge is 0.306 e. The van der Waals surface area contributed by atoms with Crippen LogP contribution in [0.2, 0.25) is 0 Å². The average Bonchev–Trinajstić information content (AvgIpc) is 2.87. The number of benzene rings is 1. The second-order valence-electron chi connectivity index (χ2n) is 4.38. The van der Waals surface area contributed by atoms with Crippen molar-refractivity contribution in [3.8, 4) is 11.4 Å². The van der Waals surface area contributed by atoms with Gasteiger partial charge in [-0.2, -0.15) is 0 Å². The maximum absolute atomic E-state index is 13.2. The van der Waals surface area contributed by atoms with Gasteiger partial charge >= 0.3 is 5.97 Å². The van der Waals surface area contributed by atoms with E-state index in [9.17, 15) is 13.6 Å². The third-order valence-corrected chi connectivity index (χ3v) is 2.91. The lowest BCUT2D eigenvalue weighted by molar-refractivity contribution is -0.141. The minimum Gasteiger partial charge on any atom is -0.481 e. The second kappa shape index (κ2) is 5.72. The van der Waals surface area contributed by atoms with E-state index in [2.05, 4.69) is 15.5 Å². The lowest BCUT2D eigenvalue weighted by Gasteiger charge is -2.07. The zero-order valence-electron chi connectivity index (χ0n) is 10.6. The van der Waals surface area contributed by atoms with Gasteiger partial charge < -0.3 is 5.11 Å². The van der Waals surface area contributed by atoms with E-state index >= 15 is 0 Å². The van der Waals surface area contributed by atoms with E-state index in [1.165, 1.54) is 10.7 Å². The minimum absolute atomic E-state index is 0.265. The van der Waals surface area contributed by atoms with Crippen molar-refractivity contribution in [2.24, 2.45) is 5.92 Å². The van der Waals surface area contributed by atoms with Crippen molar-refractivity contribution in [1.29, 1.82) is 0 Å². The average molecular weight is 282 g/mol. The van der Waals surface area contributed by atoms with Crippen LogP contribution in [0.25, 0.3) is 11.4 Å². The molecule has 1 atom stereocenters. The first-order chi connectivity index (χ1) is 9.49. The van der Waals surface area contributed by atoms with Gasteiger partial charge in [-0.05, 0) is 35.0 Å². The number of aliphatic carboxylic acids is 1. The topological polar surface area (TPSA) is 80.9 Å². The van der Waals surface area contributed by atoms with E-state index in [0.717, 1.165) is 12.1 Å². The molecule has 1 aromatic carbocycles. The second-order valence-corrected chi connectivity index (χ2v) is 4.38. The summed E-state index contributed by atoms with van der Waals surface area (Å²) in [7, 11) is 0. The van der Waals surface area contributed by atoms with Crippen LogP contribution in [0.3, 0.4) is 0 Å². The molecular formula is C12H12F2N4O2. The van der Waals surface area contributed by atoms with Crippen LogP contribution in [-0.2, 0) is 11.3 Å². The number of halogens is 2. The molecule has 8 heteroatoms. The van der Waals surface area contributed by atoms with Crippen LogP contribution < -0.4 is 0 Å². The highest BCUT2D eigenvalue weighted by atomic mass is 19.2. The third kappa shape index (κ3) is 2.95. The molecular weight excluding hydrogens is 270 g/mol. The highest BCUT2D eigenvalue weighted by molar-refractivity contribution is 5.69. The highest BCUT2D eigenvalue weighted by Crippen LogP contribution is 2.19. The molecule has 0 aliphatic heterocycles. The van der Waals surface area contributed by atoms with Crippen molar-refractivity contribution in [2.45, 2.75) is 19.9 Å². The number of carboxylic acid groups (broad SMARTS) is 1. The van der Waals surface area contributed by atoms with Crippen LogP contribution in [0.15, 0.2) is 18.2 Å². The zero-order chi connectivity index (χ0) is 14.7. The van der Waals surface area contributed by atoms with E-state index in [1.807, 2.05) is 0 Å².